The summed E-state index contributed by atoms with van der Waals surface area (Å²) >= 11 is 17.3. The van der Waals surface area contributed by atoms with Crippen molar-refractivity contribution in [3.05, 3.63) is 74.5 Å². The molecule has 0 bridgehead atoms. The standard InChI is InChI=1S/C15H8Cl3FO/c16-11-5-9(6-12(17)8-11)1-4-15(20)10-2-3-14(19)13(18)7-10/h1-8H/b4-1+. The molecule has 0 unspecified atom stereocenters. The Balaban J connectivity index is 2.22. The predicted molar refractivity (Wildman–Crippen MR) is 81.2 cm³/mol. The second-order valence-corrected chi connectivity index (χ2v) is 5.31. The molecule has 0 N–H and O–H groups in total. The summed E-state index contributed by atoms with van der Waals surface area (Å²) < 4.78 is 13.0. The van der Waals surface area contributed by atoms with Gasteiger partial charge >= 0.3 is 0 Å². The molecular weight excluding hydrogens is 322 g/mol. The first kappa shape index (κ1) is 15.0. The molecule has 0 atom stereocenters. The van der Waals surface area contributed by atoms with Crippen molar-refractivity contribution in [2.75, 3.05) is 0 Å². The van der Waals surface area contributed by atoms with Crippen LogP contribution in [0.4, 0.5) is 4.39 Å². The lowest BCUT2D eigenvalue weighted by Gasteiger charge is -1.99. The van der Waals surface area contributed by atoms with Crippen molar-refractivity contribution in [1.29, 1.82) is 0 Å². The van der Waals surface area contributed by atoms with Crippen LogP contribution in [0, 0.1) is 5.82 Å². The molecule has 0 fully saturated rings. The second-order valence-electron chi connectivity index (χ2n) is 4.03. The maximum Gasteiger partial charge on any atom is 0.185 e. The Morgan fingerprint density at radius 1 is 1.00 bits per heavy atom. The van der Waals surface area contributed by atoms with E-state index < -0.39 is 5.82 Å². The smallest absolute Gasteiger partial charge is 0.185 e. The Bertz CT molecular complexity index is 675. The zero-order valence-electron chi connectivity index (χ0n) is 10.0. The zero-order valence-corrected chi connectivity index (χ0v) is 12.3. The fourth-order valence-corrected chi connectivity index (χ4v) is 2.31. The monoisotopic (exact) mass is 328 g/mol. The maximum absolute atomic E-state index is 13.0. The molecule has 5 heteroatoms. The van der Waals surface area contributed by atoms with E-state index in [0.717, 1.165) is 6.07 Å². The third-order valence-corrected chi connectivity index (χ3v) is 3.24. The van der Waals surface area contributed by atoms with Gasteiger partial charge in [0.25, 0.3) is 0 Å². The van der Waals surface area contributed by atoms with E-state index in [1.54, 1.807) is 24.3 Å². The Kier molecular flexibility index (Phi) is 4.81. The van der Waals surface area contributed by atoms with Crippen LogP contribution in [0.1, 0.15) is 15.9 Å². The molecule has 0 amide bonds. The van der Waals surface area contributed by atoms with Gasteiger partial charge in [0, 0.05) is 15.6 Å². The van der Waals surface area contributed by atoms with Gasteiger partial charge in [-0.3, -0.25) is 4.79 Å². The molecule has 2 aromatic carbocycles. The van der Waals surface area contributed by atoms with E-state index in [2.05, 4.69) is 0 Å². The average molecular weight is 330 g/mol. The number of ketones is 1. The van der Waals surface area contributed by atoms with Crippen molar-refractivity contribution in [2.45, 2.75) is 0 Å². The Hall–Kier alpha value is -1.35. The highest BCUT2D eigenvalue weighted by Crippen LogP contribution is 2.21. The number of carbonyl (C=O) groups excluding carboxylic acids is 1. The molecule has 20 heavy (non-hydrogen) atoms. The number of rotatable bonds is 3. The quantitative estimate of drug-likeness (QED) is 0.523. The molecule has 0 saturated heterocycles. The van der Waals surface area contributed by atoms with Crippen LogP contribution in [0.3, 0.4) is 0 Å². The Morgan fingerprint density at radius 2 is 1.65 bits per heavy atom. The van der Waals surface area contributed by atoms with Crippen molar-refractivity contribution in [3.63, 3.8) is 0 Å². The van der Waals surface area contributed by atoms with E-state index in [1.165, 1.54) is 18.2 Å². The third kappa shape index (κ3) is 3.83. The molecule has 1 nitrogen and oxygen atoms in total. The first-order chi connectivity index (χ1) is 9.45. The molecule has 0 spiro atoms. The minimum Gasteiger partial charge on any atom is -0.289 e. The summed E-state index contributed by atoms with van der Waals surface area (Å²) in [5.74, 6) is -0.850. The van der Waals surface area contributed by atoms with E-state index in [1.807, 2.05) is 0 Å². The number of hydrogen-bond acceptors (Lipinski definition) is 1. The van der Waals surface area contributed by atoms with E-state index in [4.69, 9.17) is 34.8 Å². The topological polar surface area (TPSA) is 17.1 Å². The lowest BCUT2D eigenvalue weighted by atomic mass is 10.1. The normalized spacial score (nSPS) is 11.0. The van der Waals surface area contributed by atoms with Crippen LogP contribution in [-0.2, 0) is 0 Å². The molecule has 0 aromatic heterocycles. The summed E-state index contributed by atoms with van der Waals surface area (Å²) in [6.45, 7) is 0. The van der Waals surface area contributed by atoms with Gasteiger partial charge in [0.15, 0.2) is 5.78 Å². The van der Waals surface area contributed by atoms with Crippen molar-refractivity contribution in [2.24, 2.45) is 0 Å². The fraction of sp³-hybridized carbons (Fsp3) is 0. The Labute approximate surface area is 130 Å². The van der Waals surface area contributed by atoms with E-state index in [9.17, 15) is 9.18 Å². The van der Waals surface area contributed by atoms with Crippen molar-refractivity contribution in [3.8, 4) is 0 Å². The SMILES string of the molecule is O=C(/C=C/c1cc(Cl)cc(Cl)c1)c1ccc(F)c(Cl)c1. The number of halogens is 4. The van der Waals surface area contributed by atoms with E-state index in [-0.39, 0.29) is 10.8 Å². The van der Waals surface area contributed by atoms with Gasteiger partial charge in [0.2, 0.25) is 0 Å². The predicted octanol–water partition coefficient (Wildman–Crippen LogP) is 5.68. The van der Waals surface area contributed by atoms with Gasteiger partial charge in [-0.2, -0.15) is 0 Å². The maximum atomic E-state index is 13.0. The number of benzene rings is 2. The van der Waals surface area contributed by atoms with Gasteiger partial charge in [-0.05, 0) is 48.0 Å². The highest BCUT2D eigenvalue weighted by Gasteiger charge is 2.06. The zero-order chi connectivity index (χ0) is 14.7. The van der Waals surface area contributed by atoms with Gasteiger partial charge in [0.1, 0.15) is 5.82 Å². The molecule has 0 heterocycles. The van der Waals surface area contributed by atoms with Gasteiger partial charge in [-0.15, -0.1) is 0 Å². The molecule has 0 saturated carbocycles. The fourth-order valence-electron chi connectivity index (χ4n) is 1.59. The average Bonchev–Trinajstić information content (AvgIpc) is 2.38. The molecule has 2 aromatic rings. The third-order valence-electron chi connectivity index (χ3n) is 2.52. The van der Waals surface area contributed by atoms with Crippen molar-refractivity contribution < 1.29 is 9.18 Å². The molecule has 0 aliphatic rings. The van der Waals surface area contributed by atoms with Crippen LogP contribution >= 0.6 is 34.8 Å². The van der Waals surface area contributed by atoms with Crippen LogP contribution in [0.2, 0.25) is 15.1 Å². The summed E-state index contributed by atoms with van der Waals surface area (Å²) in [5, 5.41) is 0.874. The molecule has 2 rings (SSSR count). The summed E-state index contributed by atoms with van der Waals surface area (Å²) in [7, 11) is 0. The molecule has 0 aliphatic carbocycles. The number of hydrogen-bond donors (Lipinski definition) is 0. The molecule has 0 aliphatic heterocycles. The van der Waals surface area contributed by atoms with Gasteiger partial charge < -0.3 is 0 Å². The highest BCUT2D eigenvalue weighted by molar-refractivity contribution is 6.34. The van der Waals surface area contributed by atoms with Crippen molar-refractivity contribution >= 4 is 46.7 Å². The van der Waals surface area contributed by atoms with Crippen LogP contribution in [-0.4, -0.2) is 5.78 Å². The van der Waals surface area contributed by atoms with E-state index >= 15 is 0 Å². The van der Waals surface area contributed by atoms with Crippen LogP contribution in [0.25, 0.3) is 6.08 Å². The van der Waals surface area contributed by atoms with Gasteiger partial charge in [-0.25, -0.2) is 4.39 Å². The second kappa shape index (κ2) is 6.40. The molecule has 102 valence electrons. The Morgan fingerprint density at radius 3 is 2.25 bits per heavy atom. The minimum absolute atomic E-state index is 0.0879. The summed E-state index contributed by atoms with van der Waals surface area (Å²) in [6.07, 6.45) is 2.93. The van der Waals surface area contributed by atoms with Crippen LogP contribution < -0.4 is 0 Å². The van der Waals surface area contributed by atoms with E-state index in [0.29, 0.717) is 21.2 Å². The van der Waals surface area contributed by atoms with Crippen molar-refractivity contribution in [1.82, 2.24) is 0 Å². The summed E-state index contributed by atoms with van der Waals surface area (Å²) in [5.41, 5.74) is 1.00. The first-order valence-corrected chi connectivity index (χ1v) is 6.72. The highest BCUT2D eigenvalue weighted by atomic mass is 35.5. The summed E-state index contributed by atoms with van der Waals surface area (Å²) in [6, 6.07) is 8.76. The van der Waals surface area contributed by atoms with Gasteiger partial charge in [-0.1, -0.05) is 40.9 Å². The molecule has 0 radical (unpaired) electrons. The van der Waals surface area contributed by atoms with Crippen LogP contribution in [0.15, 0.2) is 42.5 Å². The number of allylic oxidation sites excluding steroid dienone is 1. The minimum atomic E-state index is -0.561. The largest absolute Gasteiger partial charge is 0.289 e. The van der Waals surface area contributed by atoms with Crippen LogP contribution in [0.5, 0.6) is 0 Å². The molecular formula is C15H8Cl3FO. The lowest BCUT2D eigenvalue weighted by Crippen LogP contribution is -1.94. The first-order valence-electron chi connectivity index (χ1n) is 5.59. The summed E-state index contributed by atoms with van der Waals surface area (Å²) in [4.78, 5) is 11.9. The number of carbonyl (C=O) groups is 1. The lowest BCUT2D eigenvalue weighted by molar-refractivity contribution is 0.104. The van der Waals surface area contributed by atoms with Gasteiger partial charge in [0.05, 0.1) is 5.02 Å².